The molecule has 0 aromatic heterocycles. The smallest absolute Gasteiger partial charge is 0.253 e. The van der Waals surface area contributed by atoms with Crippen LogP contribution < -0.4 is 9.47 Å². The van der Waals surface area contributed by atoms with Crippen molar-refractivity contribution in [2.75, 3.05) is 40.4 Å². The average molecular weight is 404 g/mol. The number of carbonyl (C=O) groups is 1. The Morgan fingerprint density at radius 2 is 1.57 bits per heavy atom. The van der Waals surface area contributed by atoms with Gasteiger partial charge >= 0.3 is 0 Å². The van der Waals surface area contributed by atoms with Gasteiger partial charge in [-0.1, -0.05) is 17.7 Å². The predicted octanol–water partition coefficient (Wildman–Crippen LogP) is 2.16. The molecule has 7 nitrogen and oxygen atoms in total. The number of carbonyl (C=O) groups excluding carboxylic acids is 1. The number of sulfonamides is 1. The summed E-state index contributed by atoms with van der Waals surface area (Å²) in [6, 6.07) is 12.0. The second-order valence-corrected chi connectivity index (χ2v) is 8.49. The lowest BCUT2D eigenvalue weighted by Gasteiger charge is -2.34. The Balaban J connectivity index is 1.75. The molecule has 0 saturated carbocycles. The van der Waals surface area contributed by atoms with Crippen LogP contribution in [0.4, 0.5) is 0 Å². The second kappa shape index (κ2) is 8.20. The molecule has 0 atom stereocenters. The number of aryl methyl sites for hydroxylation is 1. The third-order valence-corrected chi connectivity index (χ3v) is 6.73. The van der Waals surface area contributed by atoms with Gasteiger partial charge in [0, 0.05) is 37.8 Å². The molecule has 1 saturated heterocycles. The van der Waals surface area contributed by atoms with Gasteiger partial charge in [0.05, 0.1) is 14.2 Å². The summed E-state index contributed by atoms with van der Waals surface area (Å²) >= 11 is 0. The van der Waals surface area contributed by atoms with E-state index >= 15 is 0 Å². The van der Waals surface area contributed by atoms with Crippen LogP contribution in [0.25, 0.3) is 0 Å². The van der Waals surface area contributed by atoms with Crippen LogP contribution in [0.5, 0.6) is 11.5 Å². The van der Waals surface area contributed by atoms with Crippen molar-refractivity contribution in [2.24, 2.45) is 0 Å². The first kappa shape index (κ1) is 20.2. The SMILES string of the molecule is COc1ccc(OC)c(S(=O)(=O)N2CCN(C(=O)c3ccc(C)cc3)CC2)c1. The molecule has 8 heteroatoms. The summed E-state index contributed by atoms with van der Waals surface area (Å²) in [5.41, 5.74) is 1.69. The van der Waals surface area contributed by atoms with Crippen LogP contribution in [-0.4, -0.2) is 63.9 Å². The van der Waals surface area contributed by atoms with E-state index in [2.05, 4.69) is 0 Å². The third kappa shape index (κ3) is 3.98. The van der Waals surface area contributed by atoms with Crippen LogP contribution >= 0.6 is 0 Å². The molecule has 0 spiro atoms. The Hall–Kier alpha value is -2.58. The van der Waals surface area contributed by atoms with Gasteiger partial charge in [-0.25, -0.2) is 8.42 Å². The van der Waals surface area contributed by atoms with Gasteiger partial charge in [-0.05, 0) is 31.2 Å². The van der Waals surface area contributed by atoms with E-state index in [1.165, 1.54) is 24.6 Å². The minimum Gasteiger partial charge on any atom is -0.497 e. The van der Waals surface area contributed by atoms with E-state index in [4.69, 9.17) is 9.47 Å². The Morgan fingerprint density at radius 3 is 2.14 bits per heavy atom. The summed E-state index contributed by atoms with van der Waals surface area (Å²) in [4.78, 5) is 14.4. The maximum atomic E-state index is 13.1. The Bertz CT molecular complexity index is 949. The van der Waals surface area contributed by atoms with E-state index < -0.39 is 10.0 Å². The summed E-state index contributed by atoms with van der Waals surface area (Å²) in [6.45, 7) is 3.07. The molecule has 0 N–H and O–H groups in total. The van der Waals surface area contributed by atoms with Crippen LogP contribution in [0.2, 0.25) is 0 Å². The Labute approximate surface area is 165 Å². The monoisotopic (exact) mass is 404 g/mol. The van der Waals surface area contributed by atoms with Crippen molar-refractivity contribution in [3.63, 3.8) is 0 Å². The lowest BCUT2D eigenvalue weighted by molar-refractivity contribution is 0.0698. The number of rotatable bonds is 5. The maximum absolute atomic E-state index is 13.1. The summed E-state index contributed by atoms with van der Waals surface area (Å²) < 4.78 is 38.0. The summed E-state index contributed by atoms with van der Waals surface area (Å²) in [6.07, 6.45) is 0. The fraction of sp³-hybridized carbons (Fsp3) is 0.350. The lowest BCUT2D eigenvalue weighted by atomic mass is 10.1. The zero-order valence-corrected chi connectivity index (χ0v) is 17.0. The van der Waals surface area contributed by atoms with Crippen molar-refractivity contribution in [1.82, 2.24) is 9.21 Å². The first-order valence-electron chi connectivity index (χ1n) is 8.95. The number of methoxy groups -OCH3 is 2. The second-order valence-electron chi connectivity index (χ2n) is 6.58. The van der Waals surface area contributed by atoms with Crippen molar-refractivity contribution >= 4 is 15.9 Å². The zero-order chi connectivity index (χ0) is 20.3. The van der Waals surface area contributed by atoms with Crippen LogP contribution in [-0.2, 0) is 10.0 Å². The van der Waals surface area contributed by atoms with Gasteiger partial charge in [-0.3, -0.25) is 4.79 Å². The van der Waals surface area contributed by atoms with Crippen LogP contribution in [0.3, 0.4) is 0 Å². The maximum Gasteiger partial charge on any atom is 0.253 e. The van der Waals surface area contributed by atoms with E-state index in [-0.39, 0.29) is 29.6 Å². The topological polar surface area (TPSA) is 76.2 Å². The Kier molecular flexibility index (Phi) is 5.90. The molecule has 2 aromatic carbocycles. The third-order valence-electron chi connectivity index (χ3n) is 4.81. The largest absolute Gasteiger partial charge is 0.497 e. The van der Waals surface area contributed by atoms with Gasteiger partial charge in [0.1, 0.15) is 16.4 Å². The van der Waals surface area contributed by atoms with Gasteiger partial charge in [-0.2, -0.15) is 4.31 Å². The molecule has 28 heavy (non-hydrogen) atoms. The minimum absolute atomic E-state index is 0.0626. The van der Waals surface area contributed by atoms with Gasteiger partial charge in [0.25, 0.3) is 5.91 Å². The molecule has 0 radical (unpaired) electrons. The Morgan fingerprint density at radius 1 is 0.929 bits per heavy atom. The molecule has 3 rings (SSSR count). The van der Waals surface area contributed by atoms with Crippen molar-refractivity contribution in [1.29, 1.82) is 0 Å². The van der Waals surface area contributed by atoms with Crippen LogP contribution in [0.1, 0.15) is 15.9 Å². The number of benzene rings is 2. The molecule has 1 fully saturated rings. The normalized spacial score (nSPS) is 15.3. The number of amides is 1. The fourth-order valence-electron chi connectivity index (χ4n) is 3.13. The molecule has 1 amide bonds. The van der Waals surface area contributed by atoms with E-state index in [0.29, 0.717) is 24.4 Å². The predicted molar refractivity (Wildman–Crippen MR) is 105 cm³/mol. The van der Waals surface area contributed by atoms with E-state index in [0.717, 1.165) is 5.56 Å². The molecule has 2 aromatic rings. The summed E-state index contributed by atoms with van der Waals surface area (Å²) in [5.74, 6) is 0.613. The van der Waals surface area contributed by atoms with Crippen molar-refractivity contribution in [3.05, 3.63) is 53.6 Å². The lowest BCUT2D eigenvalue weighted by Crippen LogP contribution is -2.50. The van der Waals surface area contributed by atoms with Gasteiger partial charge < -0.3 is 14.4 Å². The molecule has 0 bridgehead atoms. The quantitative estimate of drug-likeness (QED) is 0.763. The van der Waals surface area contributed by atoms with Crippen molar-refractivity contribution in [3.8, 4) is 11.5 Å². The van der Waals surface area contributed by atoms with Crippen LogP contribution in [0.15, 0.2) is 47.4 Å². The molecule has 150 valence electrons. The number of hydrogen-bond donors (Lipinski definition) is 0. The molecular formula is C20H24N2O5S. The highest BCUT2D eigenvalue weighted by Crippen LogP contribution is 2.31. The number of ether oxygens (including phenoxy) is 2. The fourth-order valence-corrected chi connectivity index (χ4v) is 4.73. The first-order chi connectivity index (χ1) is 13.4. The van der Waals surface area contributed by atoms with E-state index in [1.807, 2.05) is 19.1 Å². The number of hydrogen-bond acceptors (Lipinski definition) is 5. The minimum atomic E-state index is -3.77. The van der Waals surface area contributed by atoms with Gasteiger partial charge in [-0.15, -0.1) is 0 Å². The van der Waals surface area contributed by atoms with E-state index in [1.54, 1.807) is 29.2 Å². The van der Waals surface area contributed by atoms with Crippen molar-refractivity contribution < 1.29 is 22.7 Å². The van der Waals surface area contributed by atoms with Gasteiger partial charge in [0.2, 0.25) is 10.0 Å². The standard InChI is InChI=1S/C20H24N2O5S/c1-15-4-6-16(7-5-15)20(23)21-10-12-22(13-11-21)28(24,25)19-14-17(26-2)8-9-18(19)27-3/h4-9,14H,10-13H2,1-3H3. The molecular weight excluding hydrogens is 380 g/mol. The molecule has 0 unspecified atom stereocenters. The average Bonchev–Trinajstić information content (AvgIpc) is 2.73. The highest BCUT2D eigenvalue weighted by Gasteiger charge is 2.32. The summed E-state index contributed by atoms with van der Waals surface area (Å²) in [5, 5.41) is 0. The van der Waals surface area contributed by atoms with Crippen LogP contribution in [0, 0.1) is 6.92 Å². The molecule has 0 aliphatic carbocycles. The molecule has 1 heterocycles. The molecule has 1 aliphatic heterocycles. The van der Waals surface area contributed by atoms with Gasteiger partial charge in [0.15, 0.2) is 0 Å². The first-order valence-corrected chi connectivity index (χ1v) is 10.4. The zero-order valence-electron chi connectivity index (χ0n) is 16.2. The highest BCUT2D eigenvalue weighted by molar-refractivity contribution is 7.89. The number of nitrogens with zero attached hydrogens (tertiary/aromatic N) is 2. The summed E-state index contributed by atoms with van der Waals surface area (Å²) in [7, 11) is -0.857. The van der Waals surface area contributed by atoms with Crippen molar-refractivity contribution in [2.45, 2.75) is 11.8 Å². The highest BCUT2D eigenvalue weighted by atomic mass is 32.2. The van der Waals surface area contributed by atoms with E-state index in [9.17, 15) is 13.2 Å². The molecule has 1 aliphatic rings. The number of piperazine rings is 1.